The van der Waals surface area contributed by atoms with Gasteiger partial charge in [-0.3, -0.25) is 10.1 Å². The Kier molecular flexibility index (Phi) is 6.75. The van der Waals surface area contributed by atoms with Crippen molar-refractivity contribution in [3.63, 3.8) is 0 Å². The SMILES string of the molecule is Cc1cc(C)c(S(=O)(=O)N2CCC(C(C)N)CC2)cc1[N+](=O)[O-].Cl. The molecule has 0 aromatic heterocycles. The average Bonchev–Trinajstić information content (AvgIpc) is 2.46. The number of hydrogen-bond acceptors (Lipinski definition) is 5. The zero-order valence-corrected chi connectivity index (χ0v) is 15.7. The Bertz CT molecular complexity index is 714. The summed E-state index contributed by atoms with van der Waals surface area (Å²) in [5.41, 5.74) is 6.71. The standard InChI is InChI=1S/C15H23N3O4S.ClH/c1-10-8-11(2)15(9-14(10)18(19)20)23(21,22)17-6-4-13(5-7-17)12(3)16;/h8-9,12-13H,4-7,16H2,1-3H3;1H. The molecule has 7 nitrogen and oxygen atoms in total. The number of benzene rings is 1. The van der Waals surface area contributed by atoms with Gasteiger partial charge in [-0.25, -0.2) is 8.42 Å². The molecule has 1 atom stereocenters. The van der Waals surface area contributed by atoms with Crippen LogP contribution in [0.2, 0.25) is 0 Å². The van der Waals surface area contributed by atoms with Crippen molar-refractivity contribution in [2.75, 3.05) is 13.1 Å². The first-order chi connectivity index (χ1) is 10.6. The number of aryl methyl sites for hydroxylation is 2. The fourth-order valence-corrected chi connectivity index (χ4v) is 4.77. The van der Waals surface area contributed by atoms with Crippen LogP contribution in [0.5, 0.6) is 0 Å². The number of rotatable bonds is 4. The van der Waals surface area contributed by atoms with Crippen LogP contribution in [0.1, 0.15) is 30.9 Å². The summed E-state index contributed by atoms with van der Waals surface area (Å²) in [6.45, 7) is 6.00. The predicted molar refractivity (Wildman–Crippen MR) is 95.0 cm³/mol. The van der Waals surface area contributed by atoms with Gasteiger partial charge in [-0.15, -0.1) is 12.4 Å². The predicted octanol–water partition coefficient (Wildman–Crippen LogP) is 2.38. The topological polar surface area (TPSA) is 107 Å². The van der Waals surface area contributed by atoms with Crippen LogP contribution >= 0.6 is 12.4 Å². The van der Waals surface area contributed by atoms with Crippen LogP contribution in [0.4, 0.5) is 5.69 Å². The fraction of sp³-hybridized carbons (Fsp3) is 0.600. The summed E-state index contributed by atoms with van der Waals surface area (Å²) in [6.07, 6.45) is 1.42. The molecule has 1 fully saturated rings. The van der Waals surface area contributed by atoms with Crippen LogP contribution in [0, 0.1) is 29.9 Å². The third-order valence-electron chi connectivity index (χ3n) is 4.55. The number of nitrogens with zero attached hydrogens (tertiary/aromatic N) is 2. The first kappa shape index (κ1) is 20.8. The molecule has 2 N–H and O–H groups in total. The summed E-state index contributed by atoms with van der Waals surface area (Å²) in [5.74, 6) is 0.315. The second kappa shape index (κ2) is 7.77. The third kappa shape index (κ3) is 4.05. The number of nitro groups is 1. The van der Waals surface area contributed by atoms with E-state index in [1.807, 2.05) is 6.92 Å². The highest BCUT2D eigenvalue weighted by Crippen LogP contribution is 2.30. The lowest BCUT2D eigenvalue weighted by atomic mass is 9.92. The molecule has 9 heteroatoms. The van der Waals surface area contributed by atoms with Gasteiger partial charge in [0.15, 0.2) is 0 Å². The quantitative estimate of drug-likeness (QED) is 0.640. The molecule has 0 radical (unpaired) electrons. The van der Waals surface area contributed by atoms with E-state index in [1.54, 1.807) is 19.9 Å². The minimum absolute atomic E-state index is 0. The molecule has 24 heavy (non-hydrogen) atoms. The average molecular weight is 378 g/mol. The largest absolute Gasteiger partial charge is 0.328 e. The Morgan fingerprint density at radius 2 is 1.79 bits per heavy atom. The van der Waals surface area contributed by atoms with Gasteiger partial charge >= 0.3 is 0 Å². The van der Waals surface area contributed by atoms with Crippen molar-refractivity contribution >= 4 is 28.1 Å². The maximum Gasteiger partial charge on any atom is 0.273 e. The number of hydrogen-bond donors (Lipinski definition) is 1. The molecular formula is C15H24ClN3O4S. The number of piperidine rings is 1. The molecule has 0 aliphatic carbocycles. The van der Waals surface area contributed by atoms with E-state index in [0.717, 1.165) is 0 Å². The van der Waals surface area contributed by atoms with Crippen LogP contribution in [0.15, 0.2) is 17.0 Å². The van der Waals surface area contributed by atoms with E-state index in [0.29, 0.717) is 43.0 Å². The van der Waals surface area contributed by atoms with Crippen molar-refractivity contribution in [1.82, 2.24) is 4.31 Å². The first-order valence-electron chi connectivity index (χ1n) is 7.66. The normalized spacial score (nSPS) is 18.0. The molecule has 0 bridgehead atoms. The van der Waals surface area contributed by atoms with Crippen molar-refractivity contribution in [2.45, 2.75) is 44.6 Å². The molecule has 0 spiro atoms. The smallest absolute Gasteiger partial charge is 0.273 e. The van der Waals surface area contributed by atoms with Gasteiger partial charge in [0.2, 0.25) is 10.0 Å². The molecular weight excluding hydrogens is 354 g/mol. The Morgan fingerprint density at radius 3 is 2.25 bits per heavy atom. The van der Waals surface area contributed by atoms with Crippen LogP contribution < -0.4 is 5.73 Å². The highest BCUT2D eigenvalue weighted by atomic mass is 35.5. The van der Waals surface area contributed by atoms with E-state index in [-0.39, 0.29) is 29.0 Å². The number of nitrogens with two attached hydrogens (primary N) is 1. The molecule has 1 aromatic carbocycles. The molecule has 1 aliphatic heterocycles. The lowest BCUT2D eigenvalue weighted by Crippen LogP contribution is -2.42. The maximum absolute atomic E-state index is 12.8. The molecule has 136 valence electrons. The molecule has 1 aromatic rings. The summed E-state index contributed by atoms with van der Waals surface area (Å²) in [7, 11) is -3.73. The zero-order valence-electron chi connectivity index (χ0n) is 14.1. The highest BCUT2D eigenvalue weighted by molar-refractivity contribution is 7.89. The Morgan fingerprint density at radius 1 is 1.25 bits per heavy atom. The van der Waals surface area contributed by atoms with Crippen molar-refractivity contribution in [1.29, 1.82) is 0 Å². The minimum Gasteiger partial charge on any atom is -0.328 e. The molecule has 2 rings (SSSR count). The highest BCUT2D eigenvalue weighted by Gasteiger charge is 2.32. The van der Waals surface area contributed by atoms with E-state index in [2.05, 4.69) is 0 Å². The van der Waals surface area contributed by atoms with Crippen molar-refractivity contribution in [3.05, 3.63) is 33.4 Å². The van der Waals surface area contributed by atoms with Gasteiger partial charge in [-0.2, -0.15) is 4.31 Å². The monoisotopic (exact) mass is 377 g/mol. The molecule has 0 amide bonds. The Hall–Kier alpha value is -1.22. The van der Waals surface area contributed by atoms with Gasteiger partial charge in [-0.1, -0.05) is 0 Å². The summed E-state index contributed by atoms with van der Waals surface area (Å²) >= 11 is 0. The Labute approximate surface area is 148 Å². The van der Waals surface area contributed by atoms with Crippen LogP contribution in [0.25, 0.3) is 0 Å². The van der Waals surface area contributed by atoms with Crippen LogP contribution in [0.3, 0.4) is 0 Å². The van der Waals surface area contributed by atoms with Gasteiger partial charge in [0.25, 0.3) is 5.69 Å². The van der Waals surface area contributed by atoms with E-state index >= 15 is 0 Å². The van der Waals surface area contributed by atoms with Crippen LogP contribution in [-0.2, 0) is 10.0 Å². The van der Waals surface area contributed by atoms with Crippen molar-refractivity contribution < 1.29 is 13.3 Å². The number of halogens is 1. The van der Waals surface area contributed by atoms with Crippen LogP contribution in [-0.4, -0.2) is 36.8 Å². The lowest BCUT2D eigenvalue weighted by molar-refractivity contribution is -0.385. The maximum atomic E-state index is 12.8. The first-order valence-corrected chi connectivity index (χ1v) is 9.10. The van der Waals surface area contributed by atoms with E-state index in [4.69, 9.17) is 5.73 Å². The zero-order chi connectivity index (χ0) is 17.4. The molecule has 1 heterocycles. The molecule has 1 unspecified atom stereocenters. The van der Waals surface area contributed by atoms with Crippen molar-refractivity contribution in [3.8, 4) is 0 Å². The summed E-state index contributed by atoms with van der Waals surface area (Å²) in [6, 6.07) is 2.78. The van der Waals surface area contributed by atoms with E-state index in [9.17, 15) is 18.5 Å². The van der Waals surface area contributed by atoms with Gasteiger partial charge in [-0.05, 0) is 51.2 Å². The fourth-order valence-electron chi connectivity index (χ4n) is 3.08. The second-order valence-corrected chi connectivity index (χ2v) is 8.17. The molecule has 0 saturated carbocycles. The van der Waals surface area contributed by atoms with Gasteiger partial charge in [0.05, 0.1) is 9.82 Å². The lowest BCUT2D eigenvalue weighted by Gasteiger charge is -2.33. The minimum atomic E-state index is -3.73. The number of sulfonamides is 1. The van der Waals surface area contributed by atoms with Gasteiger partial charge in [0.1, 0.15) is 0 Å². The van der Waals surface area contributed by atoms with Gasteiger partial charge in [0, 0.05) is 30.8 Å². The van der Waals surface area contributed by atoms with Gasteiger partial charge < -0.3 is 5.73 Å². The summed E-state index contributed by atoms with van der Waals surface area (Å²) in [5, 5.41) is 11.1. The number of nitro benzene ring substituents is 1. The molecule has 1 saturated heterocycles. The third-order valence-corrected chi connectivity index (χ3v) is 6.59. The van der Waals surface area contributed by atoms with E-state index in [1.165, 1.54) is 10.4 Å². The van der Waals surface area contributed by atoms with Crippen molar-refractivity contribution in [2.24, 2.45) is 11.7 Å². The summed E-state index contributed by atoms with van der Waals surface area (Å²) in [4.78, 5) is 10.6. The Balaban J connectivity index is 0.00000288. The second-order valence-electron chi connectivity index (χ2n) is 6.26. The summed E-state index contributed by atoms with van der Waals surface area (Å²) < 4.78 is 27.1. The van der Waals surface area contributed by atoms with E-state index < -0.39 is 14.9 Å². The molecule has 1 aliphatic rings.